The normalized spacial score (nSPS) is 10.2. The largest absolute Gasteiger partial charge is 0.506 e. The van der Waals surface area contributed by atoms with Crippen LogP contribution in [0.15, 0.2) is 28.0 Å². The fraction of sp³-hybridized carbons (Fsp3) is 0.167. The number of rotatable bonds is 5. The van der Waals surface area contributed by atoms with Gasteiger partial charge in [0.15, 0.2) is 10.1 Å². The Bertz CT molecular complexity index is 629. The van der Waals surface area contributed by atoms with Crippen LogP contribution in [0, 0.1) is 0 Å². The van der Waals surface area contributed by atoms with Crippen molar-refractivity contribution in [2.45, 2.75) is 11.3 Å². The molecule has 8 heteroatoms. The molecule has 0 fully saturated rings. The number of phenols is 1. The molecule has 0 aliphatic heterocycles. The van der Waals surface area contributed by atoms with Gasteiger partial charge in [0.2, 0.25) is 5.91 Å². The minimum absolute atomic E-state index is 0.0754. The standard InChI is InChI=1S/C12H11N3O3S2/c1-7(16)14-9-4-8(2-3-10(9)17)11(18)5-19-12-15-13-6-20-12/h2-4,6,17H,5H2,1H3,(H,14,16). The lowest BCUT2D eigenvalue weighted by molar-refractivity contribution is -0.114. The number of hydrogen-bond acceptors (Lipinski definition) is 7. The molecule has 6 nitrogen and oxygen atoms in total. The van der Waals surface area contributed by atoms with Gasteiger partial charge in [0.1, 0.15) is 11.3 Å². The Morgan fingerprint density at radius 1 is 1.45 bits per heavy atom. The summed E-state index contributed by atoms with van der Waals surface area (Å²) in [4.78, 5) is 23.0. The van der Waals surface area contributed by atoms with Gasteiger partial charge in [-0.3, -0.25) is 9.59 Å². The molecule has 1 heterocycles. The number of Topliss-reactive ketones (excluding diaryl/α,β-unsaturated/α-hetero) is 1. The molecule has 0 radical (unpaired) electrons. The predicted molar refractivity (Wildman–Crippen MR) is 77.4 cm³/mol. The molecular formula is C12H11N3O3S2. The molecule has 2 aromatic rings. The first-order chi connectivity index (χ1) is 9.56. The van der Waals surface area contributed by atoms with E-state index in [9.17, 15) is 14.7 Å². The van der Waals surface area contributed by atoms with Crippen molar-refractivity contribution < 1.29 is 14.7 Å². The molecule has 1 aromatic carbocycles. The number of amides is 1. The van der Waals surface area contributed by atoms with Crippen LogP contribution >= 0.6 is 23.1 Å². The molecule has 0 aliphatic rings. The Balaban J connectivity index is 2.07. The van der Waals surface area contributed by atoms with Crippen molar-refractivity contribution in [3.8, 4) is 5.75 Å². The maximum atomic E-state index is 12.0. The second kappa shape index (κ2) is 6.49. The summed E-state index contributed by atoms with van der Waals surface area (Å²) >= 11 is 2.67. The van der Waals surface area contributed by atoms with Crippen molar-refractivity contribution in [2.24, 2.45) is 0 Å². The van der Waals surface area contributed by atoms with Crippen LogP contribution in [-0.4, -0.2) is 32.7 Å². The lowest BCUT2D eigenvalue weighted by Crippen LogP contribution is -2.08. The molecule has 1 amide bonds. The minimum Gasteiger partial charge on any atom is -0.506 e. The Labute approximate surface area is 123 Å². The number of anilines is 1. The van der Waals surface area contributed by atoms with Gasteiger partial charge in [-0.15, -0.1) is 10.2 Å². The van der Waals surface area contributed by atoms with Crippen molar-refractivity contribution in [1.82, 2.24) is 10.2 Å². The number of ketones is 1. The molecular weight excluding hydrogens is 298 g/mol. The fourth-order valence-corrected chi connectivity index (χ4v) is 2.82. The molecule has 20 heavy (non-hydrogen) atoms. The number of nitrogens with one attached hydrogen (secondary N) is 1. The number of benzene rings is 1. The van der Waals surface area contributed by atoms with Gasteiger partial charge in [-0.25, -0.2) is 0 Å². The van der Waals surface area contributed by atoms with Crippen molar-refractivity contribution in [3.63, 3.8) is 0 Å². The second-order valence-electron chi connectivity index (χ2n) is 3.83. The van der Waals surface area contributed by atoms with Gasteiger partial charge in [-0.1, -0.05) is 23.1 Å². The molecule has 0 atom stereocenters. The summed E-state index contributed by atoms with van der Waals surface area (Å²) in [5.74, 6) is -0.280. The van der Waals surface area contributed by atoms with Crippen LogP contribution in [0.1, 0.15) is 17.3 Å². The first-order valence-electron chi connectivity index (χ1n) is 5.59. The zero-order chi connectivity index (χ0) is 14.5. The highest BCUT2D eigenvalue weighted by atomic mass is 32.2. The molecule has 0 unspecified atom stereocenters. The van der Waals surface area contributed by atoms with Gasteiger partial charge in [-0.05, 0) is 18.2 Å². The number of thioether (sulfide) groups is 1. The number of carbonyl (C=O) groups is 2. The zero-order valence-electron chi connectivity index (χ0n) is 10.5. The molecule has 2 rings (SSSR count). The SMILES string of the molecule is CC(=O)Nc1cc(C(=O)CSc2nncs2)ccc1O. The van der Waals surface area contributed by atoms with E-state index in [1.54, 1.807) is 5.51 Å². The third-order valence-corrected chi connectivity index (χ3v) is 4.16. The average Bonchev–Trinajstić information content (AvgIpc) is 2.91. The maximum absolute atomic E-state index is 12.0. The first kappa shape index (κ1) is 14.5. The van der Waals surface area contributed by atoms with Crippen LogP contribution in [0.3, 0.4) is 0 Å². The molecule has 0 aliphatic carbocycles. The van der Waals surface area contributed by atoms with Crippen LogP contribution in [-0.2, 0) is 4.79 Å². The third kappa shape index (κ3) is 3.78. The van der Waals surface area contributed by atoms with Crippen molar-refractivity contribution in [2.75, 3.05) is 11.1 Å². The smallest absolute Gasteiger partial charge is 0.221 e. The number of phenolic OH excluding ortho intramolecular Hbond substituents is 1. The molecule has 104 valence electrons. The van der Waals surface area contributed by atoms with Gasteiger partial charge >= 0.3 is 0 Å². The van der Waals surface area contributed by atoms with Gasteiger partial charge in [-0.2, -0.15) is 0 Å². The summed E-state index contributed by atoms with van der Waals surface area (Å²) in [5, 5.41) is 19.6. The van der Waals surface area contributed by atoms with E-state index in [-0.39, 0.29) is 28.9 Å². The second-order valence-corrected chi connectivity index (χ2v) is 5.89. The van der Waals surface area contributed by atoms with Gasteiger partial charge in [0, 0.05) is 12.5 Å². The van der Waals surface area contributed by atoms with Gasteiger partial charge < -0.3 is 10.4 Å². The highest BCUT2D eigenvalue weighted by molar-refractivity contribution is 8.01. The maximum Gasteiger partial charge on any atom is 0.221 e. The molecule has 0 saturated carbocycles. The summed E-state index contributed by atoms with van der Waals surface area (Å²) in [6.07, 6.45) is 0. The van der Waals surface area contributed by atoms with Crippen LogP contribution in [0.25, 0.3) is 0 Å². The third-order valence-electron chi connectivity index (χ3n) is 2.30. The van der Waals surface area contributed by atoms with E-state index in [1.165, 1.54) is 48.2 Å². The Morgan fingerprint density at radius 3 is 2.90 bits per heavy atom. The van der Waals surface area contributed by atoms with Gasteiger partial charge in [0.25, 0.3) is 0 Å². The Hall–Kier alpha value is -1.93. The summed E-state index contributed by atoms with van der Waals surface area (Å²) in [5.41, 5.74) is 2.25. The number of carbonyl (C=O) groups excluding carboxylic acids is 2. The fourth-order valence-electron chi connectivity index (χ4n) is 1.44. The summed E-state index contributed by atoms with van der Waals surface area (Å²) in [6.45, 7) is 1.33. The predicted octanol–water partition coefficient (Wildman–Crippen LogP) is 2.18. The van der Waals surface area contributed by atoms with E-state index >= 15 is 0 Å². The summed E-state index contributed by atoms with van der Waals surface area (Å²) in [7, 11) is 0. The molecule has 0 spiro atoms. The topological polar surface area (TPSA) is 92.2 Å². The average molecular weight is 309 g/mol. The molecule has 1 aromatic heterocycles. The minimum atomic E-state index is -0.312. The van der Waals surface area contributed by atoms with E-state index in [2.05, 4.69) is 15.5 Å². The lowest BCUT2D eigenvalue weighted by atomic mass is 10.1. The van der Waals surface area contributed by atoms with E-state index in [4.69, 9.17) is 0 Å². The number of aromatic hydroxyl groups is 1. The number of hydrogen-bond donors (Lipinski definition) is 2. The van der Waals surface area contributed by atoms with E-state index in [0.29, 0.717) is 5.56 Å². The van der Waals surface area contributed by atoms with Crippen LogP contribution in [0.5, 0.6) is 5.75 Å². The highest BCUT2D eigenvalue weighted by Crippen LogP contribution is 2.26. The van der Waals surface area contributed by atoms with Crippen LogP contribution < -0.4 is 5.32 Å². The van der Waals surface area contributed by atoms with E-state index in [0.717, 1.165) is 4.34 Å². The molecule has 0 saturated heterocycles. The number of aromatic nitrogens is 2. The summed E-state index contributed by atoms with van der Waals surface area (Å²) in [6, 6.07) is 4.36. The Kier molecular flexibility index (Phi) is 4.70. The quantitative estimate of drug-likeness (QED) is 0.499. The zero-order valence-corrected chi connectivity index (χ0v) is 12.1. The van der Waals surface area contributed by atoms with Crippen LogP contribution in [0.4, 0.5) is 5.69 Å². The lowest BCUT2D eigenvalue weighted by Gasteiger charge is -2.07. The molecule has 0 bridgehead atoms. The highest BCUT2D eigenvalue weighted by Gasteiger charge is 2.11. The number of nitrogens with zero attached hydrogens (tertiary/aromatic N) is 2. The van der Waals surface area contributed by atoms with E-state index < -0.39 is 0 Å². The van der Waals surface area contributed by atoms with Crippen molar-refractivity contribution >= 4 is 40.5 Å². The van der Waals surface area contributed by atoms with E-state index in [1.807, 2.05) is 0 Å². The molecule has 2 N–H and O–H groups in total. The Morgan fingerprint density at radius 2 is 2.25 bits per heavy atom. The van der Waals surface area contributed by atoms with Crippen LogP contribution in [0.2, 0.25) is 0 Å². The van der Waals surface area contributed by atoms with Gasteiger partial charge in [0.05, 0.1) is 11.4 Å². The summed E-state index contributed by atoms with van der Waals surface area (Å²) < 4.78 is 0.721. The van der Waals surface area contributed by atoms with Crippen molar-refractivity contribution in [1.29, 1.82) is 0 Å². The monoisotopic (exact) mass is 309 g/mol. The van der Waals surface area contributed by atoms with Crippen molar-refractivity contribution in [3.05, 3.63) is 29.3 Å². The first-order valence-corrected chi connectivity index (χ1v) is 7.45.